The molecule has 2 rings (SSSR count). The Kier molecular flexibility index (Phi) is 4.00. The van der Waals surface area contributed by atoms with Crippen molar-refractivity contribution in [3.8, 4) is 0 Å². The molecule has 0 radical (unpaired) electrons. The number of halogens is 3. The quantitative estimate of drug-likeness (QED) is 0.906. The summed E-state index contributed by atoms with van der Waals surface area (Å²) in [5, 5.41) is 2.66. The summed E-state index contributed by atoms with van der Waals surface area (Å²) in [6.07, 6.45) is 3.28. The van der Waals surface area contributed by atoms with E-state index in [-0.39, 0.29) is 10.5 Å². The number of benzene rings is 1. The second-order valence-electron chi connectivity index (χ2n) is 4.70. The Hall–Kier alpha value is -0.970. The highest BCUT2D eigenvalue weighted by atomic mass is 79.9. The van der Waals surface area contributed by atoms with Crippen LogP contribution in [0.15, 0.2) is 16.6 Å². The molecule has 1 aromatic carbocycles. The van der Waals surface area contributed by atoms with Gasteiger partial charge in [-0.2, -0.15) is 0 Å². The summed E-state index contributed by atoms with van der Waals surface area (Å²) in [4.78, 5) is 11.8. The number of nitrogens with one attached hydrogen (secondary N) is 1. The molecule has 98 valence electrons. The molecule has 5 heteroatoms. The SMILES string of the molecule is CC(NC(=O)c1c(F)cc(Br)cc1F)C1CCC1. The Balaban J connectivity index is 2.13. The summed E-state index contributed by atoms with van der Waals surface area (Å²) >= 11 is 2.98. The van der Waals surface area contributed by atoms with Crippen molar-refractivity contribution in [3.05, 3.63) is 33.8 Å². The lowest BCUT2D eigenvalue weighted by Crippen LogP contribution is -2.41. The van der Waals surface area contributed by atoms with Crippen LogP contribution in [0.25, 0.3) is 0 Å². The Morgan fingerprint density at radius 2 is 1.94 bits per heavy atom. The van der Waals surface area contributed by atoms with Crippen molar-refractivity contribution in [2.45, 2.75) is 32.2 Å². The molecule has 1 saturated carbocycles. The van der Waals surface area contributed by atoms with Crippen molar-refractivity contribution in [2.75, 3.05) is 0 Å². The minimum absolute atomic E-state index is 0.0475. The van der Waals surface area contributed by atoms with Crippen molar-refractivity contribution < 1.29 is 13.6 Å². The number of rotatable bonds is 3. The first-order valence-corrected chi connectivity index (χ1v) is 6.73. The first-order valence-electron chi connectivity index (χ1n) is 5.94. The average molecular weight is 318 g/mol. The maximum absolute atomic E-state index is 13.6. The first kappa shape index (κ1) is 13.5. The zero-order valence-electron chi connectivity index (χ0n) is 9.97. The van der Waals surface area contributed by atoms with Gasteiger partial charge in [0.1, 0.15) is 17.2 Å². The molecule has 0 spiro atoms. The van der Waals surface area contributed by atoms with Gasteiger partial charge in [0.05, 0.1) is 0 Å². The molecule has 0 aromatic heterocycles. The summed E-state index contributed by atoms with van der Waals surface area (Å²) in [5.41, 5.74) is -0.510. The summed E-state index contributed by atoms with van der Waals surface area (Å²) in [5.74, 6) is -1.95. The van der Waals surface area contributed by atoms with Crippen LogP contribution >= 0.6 is 15.9 Å². The fourth-order valence-electron chi connectivity index (χ4n) is 2.10. The van der Waals surface area contributed by atoms with E-state index in [1.165, 1.54) is 0 Å². The van der Waals surface area contributed by atoms with Gasteiger partial charge in [-0.05, 0) is 37.8 Å². The smallest absolute Gasteiger partial charge is 0.257 e. The molecular weight excluding hydrogens is 304 g/mol. The highest BCUT2D eigenvalue weighted by molar-refractivity contribution is 9.10. The molecule has 1 unspecified atom stereocenters. The summed E-state index contributed by atoms with van der Waals surface area (Å²) in [6.45, 7) is 1.87. The summed E-state index contributed by atoms with van der Waals surface area (Å²) in [6, 6.07) is 2.13. The number of hydrogen-bond donors (Lipinski definition) is 1. The van der Waals surface area contributed by atoms with Crippen molar-refractivity contribution in [1.82, 2.24) is 5.32 Å². The number of carbonyl (C=O) groups excluding carboxylic acids is 1. The number of carbonyl (C=O) groups is 1. The van der Waals surface area contributed by atoms with Gasteiger partial charge in [-0.15, -0.1) is 0 Å². The Morgan fingerprint density at radius 1 is 1.39 bits per heavy atom. The van der Waals surface area contributed by atoms with Gasteiger partial charge in [0, 0.05) is 10.5 Å². The van der Waals surface area contributed by atoms with Crippen LogP contribution in [0.4, 0.5) is 8.78 Å². The Morgan fingerprint density at radius 3 is 2.39 bits per heavy atom. The van der Waals surface area contributed by atoms with Crippen LogP contribution in [0.3, 0.4) is 0 Å². The Labute approximate surface area is 113 Å². The third-order valence-corrected chi connectivity index (χ3v) is 3.91. The van der Waals surface area contributed by atoms with Gasteiger partial charge in [-0.1, -0.05) is 22.4 Å². The minimum atomic E-state index is -0.847. The predicted molar refractivity (Wildman–Crippen MR) is 68.3 cm³/mol. The lowest BCUT2D eigenvalue weighted by atomic mass is 9.80. The molecule has 2 nitrogen and oxygen atoms in total. The molecule has 0 saturated heterocycles. The lowest BCUT2D eigenvalue weighted by molar-refractivity contribution is 0.0900. The number of amides is 1. The maximum Gasteiger partial charge on any atom is 0.257 e. The van der Waals surface area contributed by atoms with Crippen molar-refractivity contribution in [3.63, 3.8) is 0 Å². The third-order valence-electron chi connectivity index (χ3n) is 3.45. The van der Waals surface area contributed by atoms with Crippen LogP contribution < -0.4 is 5.32 Å². The molecule has 1 fully saturated rings. The molecule has 1 N–H and O–H groups in total. The van der Waals surface area contributed by atoms with Crippen LogP contribution in [0.5, 0.6) is 0 Å². The van der Waals surface area contributed by atoms with E-state index in [0.29, 0.717) is 5.92 Å². The van der Waals surface area contributed by atoms with Crippen LogP contribution in [0.1, 0.15) is 36.5 Å². The molecule has 0 heterocycles. The average Bonchev–Trinajstić information content (AvgIpc) is 2.11. The van der Waals surface area contributed by atoms with Gasteiger partial charge in [-0.25, -0.2) is 8.78 Å². The maximum atomic E-state index is 13.6. The molecule has 1 aliphatic carbocycles. The van der Waals surface area contributed by atoms with Crippen LogP contribution in [0, 0.1) is 17.6 Å². The largest absolute Gasteiger partial charge is 0.349 e. The van der Waals surface area contributed by atoms with Gasteiger partial charge < -0.3 is 5.32 Å². The van der Waals surface area contributed by atoms with Crippen LogP contribution in [-0.2, 0) is 0 Å². The van der Waals surface area contributed by atoms with E-state index in [1.54, 1.807) is 0 Å². The predicted octanol–water partition coefficient (Wildman–Crippen LogP) is 3.65. The second-order valence-corrected chi connectivity index (χ2v) is 5.61. The fourth-order valence-corrected chi connectivity index (χ4v) is 2.50. The zero-order valence-corrected chi connectivity index (χ0v) is 11.6. The van der Waals surface area contributed by atoms with E-state index < -0.39 is 23.1 Å². The van der Waals surface area contributed by atoms with Crippen molar-refractivity contribution in [1.29, 1.82) is 0 Å². The zero-order chi connectivity index (χ0) is 13.3. The van der Waals surface area contributed by atoms with Gasteiger partial charge in [-0.3, -0.25) is 4.79 Å². The number of hydrogen-bond acceptors (Lipinski definition) is 1. The van der Waals surface area contributed by atoms with Crippen LogP contribution in [0.2, 0.25) is 0 Å². The topological polar surface area (TPSA) is 29.1 Å². The fraction of sp³-hybridized carbons (Fsp3) is 0.462. The normalized spacial score (nSPS) is 17.1. The van der Waals surface area contributed by atoms with Gasteiger partial charge in [0.25, 0.3) is 5.91 Å². The molecule has 1 aromatic rings. The van der Waals surface area contributed by atoms with Crippen molar-refractivity contribution in [2.24, 2.45) is 5.92 Å². The second kappa shape index (κ2) is 5.34. The van der Waals surface area contributed by atoms with Gasteiger partial charge >= 0.3 is 0 Å². The summed E-state index contributed by atoms with van der Waals surface area (Å²) in [7, 11) is 0. The van der Waals surface area contributed by atoms with Gasteiger partial charge in [0.2, 0.25) is 0 Å². The molecule has 1 atom stereocenters. The Bertz CT molecular complexity index is 451. The van der Waals surface area contributed by atoms with E-state index in [1.807, 2.05) is 6.92 Å². The van der Waals surface area contributed by atoms with Crippen molar-refractivity contribution >= 4 is 21.8 Å². The standard InChI is InChI=1S/C13H14BrF2NO/c1-7(8-3-2-4-8)17-13(18)12-10(15)5-9(14)6-11(12)16/h5-8H,2-4H2,1H3,(H,17,18). The van der Waals surface area contributed by atoms with Crippen LogP contribution in [-0.4, -0.2) is 11.9 Å². The third kappa shape index (κ3) is 2.71. The lowest BCUT2D eigenvalue weighted by Gasteiger charge is -2.31. The summed E-state index contributed by atoms with van der Waals surface area (Å²) < 4.78 is 27.4. The molecule has 18 heavy (non-hydrogen) atoms. The monoisotopic (exact) mass is 317 g/mol. The highest BCUT2D eigenvalue weighted by Crippen LogP contribution is 2.29. The highest BCUT2D eigenvalue weighted by Gasteiger charge is 2.27. The molecule has 0 bridgehead atoms. The minimum Gasteiger partial charge on any atom is -0.349 e. The molecule has 1 aliphatic rings. The van der Waals surface area contributed by atoms with E-state index in [0.717, 1.165) is 31.4 Å². The van der Waals surface area contributed by atoms with Gasteiger partial charge in [0.15, 0.2) is 0 Å². The van der Waals surface area contributed by atoms with E-state index in [4.69, 9.17) is 0 Å². The molecular formula is C13H14BrF2NO. The molecule has 1 amide bonds. The van der Waals surface area contributed by atoms with E-state index in [9.17, 15) is 13.6 Å². The van der Waals surface area contributed by atoms with E-state index in [2.05, 4.69) is 21.2 Å². The van der Waals surface area contributed by atoms with E-state index >= 15 is 0 Å². The molecule has 0 aliphatic heterocycles. The first-order chi connectivity index (χ1) is 8.49.